The minimum Gasteiger partial charge on any atom is -0.352 e. The summed E-state index contributed by atoms with van der Waals surface area (Å²) in [5.74, 6) is -0.0768. The minimum atomic E-state index is -4.54. The molecule has 4 rings (SSSR count). The molecule has 1 aliphatic heterocycles. The zero-order valence-electron chi connectivity index (χ0n) is 16.2. The van der Waals surface area contributed by atoms with Crippen molar-refractivity contribution in [2.24, 2.45) is 0 Å². The minimum absolute atomic E-state index is 0.0768. The Hall–Kier alpha value is -2.32. The van der Waals surface area contributed by atoms with Gasteiger partial charge in [0.05, 0.1) is 11.0 Å². The summed E-state index contributed by atoms with van der Waals surface area (Å²) in [6, 6.07) is 13.0. The van der Waals surface area contributed by atoms with Crippen molar-refractivity contribution in [1.29, 1.82) is 0 Å². The highest BCUT2D eigenvalue weighted by Gasteiger charge is 2.39. The van der Waals surface area contributed by atoms with Gasteiger partial charge in [-0.25, -0.2) is 14.3 Å². The molecular formula is C21H21F3N4S. The van der Waals surface area contributed by atoms with E-state index in [4.69, 9.17) is 0 Å². The third-order valence-electron chi connectivity index (χ3n) is 5.07. The lowest BCUT2D eigenvalue weighted by Gasteiger charge is -2.35. The van der Waals surface area contributed by atoms with Crippen molar-refractivity contribution < 1.29 is 13.2 Å². The second kappa shape index (κ2) is 7.84. The van der Waals surface area contributed by atoms with Gasteiger partial charge in [-0.15, -0.1) is 0 Å². The lowest BCUT2D eigenvalue weighted by molar-refractivity contribution is -0.140. The van der Waals surface area contributed by atoms with E-state index in [2.05, 4.69) is 46.3 Å². The first kappa shape index (κ1) is 20.0. The van der Waals surface area contributed by atoms with Crippen molar-refractivity contribution in [2.75, 3.05) is 31.1 Å². The molecule has 2 heterocycles. The van der Waals surface area contributed by atoms with Gasteiger partial charge in [-0.3, -0.25) is 0 Å². The van der Waals surface area contributed by atoms with Crippen LogP contribution in [0.5, 0.6) is 0 Å². The molecule has 0 bridgehead atoms. The molecule has 3 aromatic rings. The summed E-state index contributed by atoms with van der Waals surface area (Å²) >= 11 is 1.65. The number of benzene rings is 2. The van der Waals surface area contributed by atoms with E-state index in [1.54, 1.807) is 41.1 Å². The van der Waals surface area contributed by atoms with E-state index >= 15 is 0 Å². The first-order valence-corrected chi connectivity index (χ1v) is 10.2. The van der Waals surface area contributed by atoms with E-state index in [0.29, 0.717) is 31.7 Å². The van der Waals surface area contributed by atoms with E-state index in [1.165, 1.54) is 11.1 Å². The van der Waals surface area contributed by atoms with Crippen LogP contribution < -0.4 is 4.90 Å². The van der Waals surface area contributed by atoms with E-state index in [-0.39, 0.29) is 11.3 Å². The van der Waals surface area contributed by atoms with Crippen LogP contribution in [0.25, 0.3) is 11.0 Å². The normalized spacial score (nSPS) is 15.8. The predicted octanol–water partition coefficient (Wildman–Crippen LogP) is 5.09. The number of anilines is 1. The predicted molar refractivity (Wildman–Crippen MR) is 110 cm³/mol. The van der Waals surface area contributed by atoms with Gasteiger partial charge >= 0.3 is 6.18 Å². The number of nitrogens with zero attached hydrogens (tertiary/aromatic N) is 4. The number of piperazine rings is 1. The number of rotatable bonds is 3. The van der Waals surface area contributed by atoms with Gasteiger partial charge < -0.3 is 4.90 Å². The standard InChI is InChI=1S/C21H21F3N4S/c1-14-7-8-16(13-15(14)2)29-28-11-9-27(10-12-28)20-19(21(22,23)24)25-17-5-3-4-6-18(17)26-20/h3-8,13H,9-12H2,1-2H3. The molecule has 2 aromatic carbocycles. The van der Waals surface area contributed by atoms with Gasteiger partial charge in [-0.05, 0) is 61.2 Å². The van der Waals surface area contributed by atoms with Crippen LogP contribution in [0, 0.1) is 13.8 Å². The van der Waals surface area contributed by atoms with Crippen molar-refractivity contribution >= 4 is 28.8 Å². The average Bonchev–Trinajstić information content (AvgIpc) is 2.70. The van der Waals surface area contributed by atoms with Crippen LogP contribution in [0.2, 0.25) is 0 Å². The Kier molecular flexibility index (Phi) is 5.40. The molecule has 0 amide bonds. The van der Waals surface area contributed by atoms with E-state index in [9.17, 15) is 13.2 Å². The second-order valence-electron chi connectivity index (χ2n) is 7.14. The molecule has 0 spiro atoms. The molecule has 0 unspecified atom stereocenters. The average molecular weight is 418 g/mol. The van der Waals surface area contributed by atoms with Gasteiger partial charge in [0.25, 0.3) is 0 Å². The first-order chi connectivity index (χ1) is 13.8. The fraction of sp³-hybridized carbons (Fsp3) is 0.333. The Morgan fingerprint density at radius 2 is 1.52 bits per heavy atom. The van der Waals surface area contributed by atoms with E-state index in [0.717, 1.165) is 4.90 Å². The number of aromatic nitrogens is 2. The monoisotopic (exact) mass is 418 g/mol. The maximum Gasteiger partial charge on any atom is 0.437 e. The van der Waals surface area contributed by atoms with Crippen molar-refractivity contribution in [2.45, 2.75) is 24.9 Å². The SMILES string of the molecule is Cc1ccc(SN2CCN(c3nc4ccccc4nc3C(F)(F)F)CC2)cc1C. The largest absolute Gasteiger partial charge is 0.437 e. The van der Waals surface area contributed by atoms with Crippen LogP contribution >= 0.6 is 11.9 Å². The van der Waals surface area contributed by atoms with E-state index < -0.39 is 11.9 Å². The number of hydrogen-bond donors (Lipinski definition) is 0. The molecule has 0 saturated carbocycles. The van der Waals surface area contributed by atoms with Crippen molar-refractivity contribution in [1.82, 2.24) is 14.3 Å². The summed E-state index contributed by atoms with van der Waals surface area (Å²) in [5, 5.41) is 0. The Morgan fingerprint density at radius 3 is 2.14 bits per heavy atom. The van der Waals surface area contributed by atoms with Crippen LogP contribution in [-0.2, 0) is 6.18 Å². The van der Waals surface area contributed by atoms with Gasteiger partial charge in [-0.2, -0.15) is 13.2 Å². The summed E-state index contributed by atoms with van der Waals surface area (Å²) in [5.41, 5.74) is 2.30. The fourth-order valence-corrected chi connectivity index (χ4v) is 4.31. The van der Waals surface area contributed by atoms with Crippen molar-refractivity contribution in [3.8, 4) is 0 Å². The Morgan fingerprint density at radius 1 is 0.862 bits per heavy atom. The number of fused-ring (bicyclic) bond motifs is 1. The van der Waals surface area contributed by atoms with Crippen LogP contribution in [0.15, 0.2) is 47.4 Å². The summed E-state index contributed by atoms with van der Waals surface area (Å²) in [7, 11) is 0. The molecule has 4 nitrogen and oxygen atoms in total. The number of para-hydroxylation sites is 2. The van der Waals surface area contributed by atoms with Gasteiger partial charge in [0.2, 0.25) is 0 Å². The lowest BCUT2D eigenvalue weighted by atomic mass is 10.1. The Bertz CT molecular complexity index is 1030. The molecule has 0 N–H and O–H groups in total. The highest BCUT2D eigenvalue weighted by Crippen LogP contribution is 2.36. The molecule has 0 aliphatic carbocycles. The third kappa shape index (κ3) is 4.33. The summed E-state index contributed by atoms with van der Waals surface area (Å²) in [4.78, 5) is 11.0. The molecule has 1 fully saturated rings. The molecular weight excluding hydrogens is 397 g/mol. The van der Waals surface area contributed by atoms with Crippen molar-refractivity contribution in [3.63, 3.8) is 0 Å². The quantitative estimate of drug-likeness (QED) is 0.553. The first-order valence-electron chi connectivity index (χ1n) is 9.40. The Labute approximate surface area is 171 Å². The molecule has 0 atom stereocenters. The zero-order valence-corrected chi connectivity index (χ0v) is 17.0. The maximum absolute atomic E-state index is 13.6. The van der Waals surface area contributed by atoms with Crippen LogP contribution in [0.1, 0.15) is 16.8 Å². The summed E-state index contributed by atoms with van der Waals surface area (Å²) in [6.45, 7) is 6.37. The van der Waals surface area contributed by atoms with Gasteiger partial charge in [-0.1, -0.05) is 18.2 Å². The van der Waals surface area contributed by atoms with Crippen LogP contribution in [-0.4, -0.2) is 40.5 Å². The third-order valence-corrected chi connectivity index (χ3v) is 6.16. The fourth-order valence-electron chi connectivity index (χ4n) is 3.31. The highest BCUT2D eigenvalue weighted by atomic mass is 32.2. The highest BCUT2D eigenvalue weighted by molar-refractivity contribution is 7.97. The molecule has 8 heteroatoms. The molecule has 1 aromatic heterocycles. The topological polar surface area (TPSA) is 32.3 Å². The molecule has 1 saturated heterocycles. The smallest absolute Gasteiger partial charge is 0.352 e. The molecule has 152 valence electrons. The van der Waals surface area contributed by atoms with Crippen LogP contribution in [0.4, 0.5) is 19.0 Å². The maximum atomic E-state index is 13.6. The Balaban J connectivity index is 1.53. The van der Waals surface area contributed by atoms with Crippen LogP contribution in [0.3, 0.4) is 0 Å². The second-order valence-corrected chi connectivity index (χ2v) is 8.31. The number of aryl methyl sites for hydroxylation is 2. The molecule has 29 heavy (non-hydrogen) atoms. The number of hydrogen-bond acceptors (Lipinski definition) is 5. The number of alkyl halides is 3. The summed E-state index contributed by atoms with van der Waals surface area (Å²) < 4.78 is 43.0. The van der Waals surface area contributed by atoms with Crippen molar-refractivity contribution in [3.05, 3.63) is 59.3 Å². The number of halogens is 3. The molecule has 1 aliphatic rings. The van der Waals surface area contributed by atoms with Gasteiger partial charge in [0.1, 0.15) is 0 Å². The van der Waals surface area contributed by atoms with Gasteiger partial charge in [0.15, 0.2) is 11.5 Å². The van der Waals surface area contributed by atoms with Gasteiger partial charge in [0, 0.05) is 31.1 Å². The zero-order chi connectivity index (χ0) is 20.6. The summed E-state index contributed by atoms with van der Waals surface area (Å²) in [6.07, 6.45) is -4.54. The van der Waals surface area contributed by atoms with E-state index in [1.807, 2.05) is 0 Å². The molecule has 0 radical (unpaired) electrons. The lowest BCUT2D eigenvalue weighted by Crippen LogP contribution is -2.44.